The van der Waals surface area contributed by atoms with Crippen molar-refractivity contribution in [3.63, 3.8) is 0 Å². The van der Waals surface area contributed by atoms with Gasteiger partial charge in [0.15, 0.2) is 0 Å². The van der Waals surface area contributed by atoms with Gasteiger partial charge in [0.2, 0.25) is 0 Å². The average Bonchev–Trinajstić information content (AvgIpc) is 3.31. The maximum absolute atomic E-state index is 13.4. The van der Waals surface area contributed by atoms with Gasteiger partial charge in [-0.15, -0.1) is 0 Å². The number of hydrogen-bond donors (Lipinski definition) is 2. The van der Waals surface area contributed by atoms with Crippen molar-refractivity contribution < 1.29 is 14.7 Å². The minimum Gasteiger partial charge on any atom is -0.481 e. The predicted molar refractivity (Wildman–Crippen MR) is 144 cm³/mol. The van der Waals surface area contributed by atoms with E-state index in [0.29, 0.717) is 28.9 Å². The summed E-state index contributed by atoms with van der Waals surface area (Å²) in [6.45, 7) is 2.07. The van der Waals surface area contributed by atoms with Crippen LogP contribution >= 0.6 is 11.6 Å². The van der Waals surface area contributed by atoms with Gasteiger partial charge in [-0.25, -0.2) is 0 Å². The van der Waals surface area contributed by atoms with E-state index >= 15 is 0 Å². The number of carboxylic acids is 1. The molecule has 1 spiro atoms. The topological polar surface area (TPSA) is 84.2 Å². The van der Waals surface area contributed by atoms with Crippen molar-refractivity contribution in [2.45, 2.75) is 44.7 Å². The van der Waals surface area contributed by atoms with Gasteiger partial charge in [-0.3, -0.25) is 14.3 Å². The highest BCUT2D eigenvalue weighted by molar-refractivity contribution is 6.36. The molecule has 1 amide bonds. The van der Waals surface area contributed by atoms with Gasteiger partial charge < -0.3 is 10.4 Å². The number of hydrogen-bond acceptors (Lipinski definition) is 3. The lowest BCUT2D eigenvalue weighted by Crippen LogP contribution is -2.57. The van der Waals surface area contributed by atoms with Gasteiger partial charge in [0.25, 0.3) is 5.91 Å². The number of nitrogens with zero attached hydrogens (tertiary/aromatic N) is 2. The first-order chi connectivity index (χ1) is 17.8. The van der Waals surface area contributed by atoms with E-state index in [1.807, 2.05) is 22.9 Å². The van der Waals surface area contributed by atoms with Crippen LogP contribution in [0.1, 0.15) is 54.6 Å². The fourth-order valence-electron chi connectivity index (χ4n) is 6.18. The summed E-state index contributed by atoms with van der Waals surface area (Å²) in [7, 11) is 0. The second kappa shape index (κ2) is 9.03. The molecular weight excluding hydrogens is 486 g/mol. The fraction of sp³-hybridized carbons (Fsp3) is 0.300. The summed E-state index contributed by atoms with van der Waals surface area (Å²) in [4.78, 5) is 24.5. The molecule has 1 aromatic heterocycles. The number of nitrogens with one attached hydrogen (secondary N) is 1. The molecule has 6 rings (SSSR count). The molecule has 188 valence electrons. The Balaban J connectivity index is 1.23. The lowest BCUT2D eigenvalue weighted by Gasteiger charge is -2.56. The van der Waals surface area contributed by atoms with E-state index in [0.717, 1.165) is 34.9 Å². The van der Waals surface area contributed by atoms with Crippen molar-refractivity contribution in [1.29, 1.82) is 0 Å². The van der Waals surface area contributed by atoms with Crippen LogP contribution in [0.5, 0.6) is 0 Å². The number of rotatable bonds is 6. The normalized spacial score (nSPS) is 23.3. The highest BCUT2D eigenvalue weighted by Gasteiger charge is 2.55. The standard InChI is InChI=1S/C30H28ClN3O3/c1-18(19-7-9-21(10-8-19)20-5-3-2-4-6-20)34-27-24(11-12-26(31)25(27)17-32-34)28(35)33-23-15-30(16-23)13-22(14-30)29(36)37/h2-12,17-18,22-23H,13-16H2,1H3,(H,33,35)(H,36,37)/t18-,22?,23?,30?/m0/s1. The Labute approximate surface area is 220 Å². The first-order valence-corrected chi connectivity index (χ1v) is 13.1. The Bertz CT molecular complexity index is 1480. The van der Waals surface area contributed by atoms with Gasteiger partial charge >= 0.3 is 5.97 Å². The van der Waals surface area contributed by atoms with Crippen molar-refractivity contribution in [2.24, 2.45) is 11.3 Å². The van der Waals surface area contributed by atoms with E-state index in [4.69, 9.17) is 11.6 Å². The minimum atomic E-state index is -0.709. The van der Waals surface area contributed by atoms with Gasteiger partial charge in [-0.05, 0) is 66.8 Å². The molecular formula is C30H28ClN3O3. The lowest BCUT2D eigenvalue weighted by atomic mass is 9.50. The Morgan fingerprint density at radius 1 is 1.00 bits per heavy atom. The van der Waals surface area contributed by atoms with E-state index in [-0.39, 0.29) is 29.3 Å². The molecule has 4 aromatic rings. The van der Waals surface area contributed by atoms with Crippen LogP contribution < -0.4 is 5.32 Å². The van der Waals surface area contributed by atoms with E-state index in [2.05, 4.69) is 53.7 Å². The second-order valence-electron chi connectivity index (χ2n) is 10.6. The van der Waals surface area contributed by atoms with E-state index in [1.165, 1.54) is 0 Å². The maximum Gasteiger partial charge on any atom is 0.306 e. The van der Waals surface area contributed by atoms with Crippen LogP contribution in [0.25, 0.3) is 22.0 Å². The molecule has 6 nitrogen and oxygen atoms in total. The molecule has 2 aliphatic carbocycles. The molecule has 2 saturated carbocycles. The van der Waals surface area contributed by atoms with E-state index in [9.17, 15) is 14.7 Å². The highest BCUT2D eigenvalue weighted by Crippen LogP contribution is 2.58. The van der Waals surface area contributed by atoms with Crippen LogP contribution in [-0.2, 0) is 4.79 Å². The Hall–Kier alpha value is -3.64. The molecule has 0 unspecified atom stereocenters. The third-order valence-corrected chi connectivity index (χ3v) is 8.55. The van der Waals surface area contributed by atoms with Crippen LogP contribution in [-0.4, -0.2) is 32.8 Å². The van der Waals surface area contributed by atoms with Crippen molar-refractivity contribution >= 4 is 34.4 Å². The molecule has 1 heterocycles. The monoisotopic (exact) mass is 513 g/mol. The number of carboxylic acid groups (broad SMARTS) is 1. The first kappa shape index (κ1) is 23.7. The molecule has 3 aromatic carbocycles. The summed E-state index contributed by atoms with van der Waals surface area (Å²) in [6, 6.07) is 22.1. The van der Waals surface area contributed by atoms with Crippen molar-refractivity contribution in [3.05, 3.63) is 89.1 Å². The molecule has 7 heteroatoms. The third-order valence-electron chi connectivity index (χ3n) is 8.22. The van der Waals surface area contributed by atoms with Crippen LogP contribution in [0.3, 0.4) is 0 Å². The number of amides is 1. The molecule has 2 N–H and O–H groups in total. The van der Waals surface area contributed by atoms with Crippen LogP contribution in [0.4, 0.5) is 0 Å². The summed E-state index contributed by atoms with van der Waals surface area (Å²) in [5.41, 5.74) is 4.74. The number of aromatic nitrogens is 2. The molecule has 37 heavy (non-hydrogen) atoms. The van der Waals surface area contributed by atoms with Crippen molar-refractivity contribution in [2.75, 3.05) is 0 Å². The number of halogens is 1. The minimum absolute atomic E-state index is 0.0623. The lowest BCUT2D eigenvalue weighted by molar-refractivity contribution is -0.155. The largest absolute Gasteiger partial charge is 0.481 e. The Kier molecular flexibility index (Phi) is 5.80. The number of fused-ring (bicyclic) bond motifs is 1. The van der Waals surface area contributed by atoms with E-state index in [1.54, 1.807) is 18.3 Å². The second-order valence-corrected chi connectivity index (χ2v) is 11.0. The van der Waals surface area contributed by atoms with Gasteiger partial charge in [-0.1, -0.05) is 66.2 Å². The summed E-state index contributed by atoms with van der Waals surface area (Å²) in [5, 5.41) is 18.3. The van der Waals surface area contributed by atoms with Gasteiger partial charge in [0.05, 0.1) is 34.3 Å². The maximum atomic E-state index is 13.4. The van der Waals surface area contributed by atoms with Gasteiger partial charge in [0, 0.05) is 11.4 Å². The quantitative estimate of drug-likeness (QED) is 0.315. The molecule has 0 bridgehead atoms. The summed E-state index contributed by atoms with van der Waals surface area (Å²) < 4.78 is 1.87. The summed E-state index contributed by atoms with van der Waals surface area (Å²) >= 11 is 6.50. The molecule has 0 radical (unpaired) electrons. The third kappa shape index (κ3) is 4.19. The van der Waals surface area contributed by atoms with Crippen molar-refractivity contribution in [1.82, 2.24) is 15.1 Å². The van der Waals surface area contributed by atoms with Crippen molar-refractivity contribution in [3.8, 4) is 11.1 Å². The van der Waals surface area contributed by atoms with Gasteiger partial charge in [-0.2, -0.15) is 5.10 Å². The fourth-order valence-corrected chi connectivity index (χ4v) is 6.38. The molecule has 0 aliphatic heterocycles. The Morgan fingerprint density at radius 2 is 1.68 bits per heavy atom. The SMILES string of the molecule is C[C@@H](c1ccc(-c2ccccc2)cc1)n1ncc2c(Cl)ccc(C(=O)NC3CC4(C3)CC(C(=O)O)C4)c21. The number of carbonyl (C=O) groups excluding carboxylic acids is 1. The Morgan fingerprint density at radius 3 is 2.35 bits per heavy atom. The number of aliphatic carboxylic acids is 1. The molecule has 2 fully saturated rings. The predicted octanol–water partition coefficient (Wildman–Crippen LogP) is 6.34. The number of carbonyl (C=O) groups is 2. The first-order valence-electron chi connectivity index (χ1n) is 12.7. The zero-order chi connectivity index (χ0) is 25.7. The molecule has 0 saturated heterocycles. The van der Waals surface area contributed by atoms with Crippen LogP contribution in [0.2, 0.25) is 5.02 Å². The summed E-state index contributed by atoms with van der Waals surface area (Å²) in [6.07, 6.45) is 4.83. The average molecular weight is 514 g/mol. The van der Waals surface area contributed by atoms with Gasteiger partial charge in [0.1, 0.15) is 0 Å². The summed E-state index contributed by atoms with van der Waals surface area (Å²) in [5.74, 6) is -1.09. The molecule has 2 aliphatic rings. The zero-order valence-electron chi connectivity index (χ0n) is 20.5. The van der Waals surface area contributed by atoms with E-state index < -0.39 is 5.97 Å². The number of benzene rings is 3. The van der Waals surface area contributed by atoms with Crippen LogP contribution in [0.15, 0.2) is 72.9 Å². The molecule has 1 atom stereocenters. The van der Waals surface area contributed by atoms with Crippen LogP contribution in [0, 0.1) is 11.3 Å². The highest BCUT2D eigenvalue weighted by atomic mass is 35.5. The zero-order valence-corrected chi connectivity index (χ0v) is 21.3. The smallest absolute Gasteiger partial charge is 0.306 e.